The van der Waals surface area contributed by atoms with Gasteiger partial charge >= 0.3 is 0 Å². The Morgan fingerprint density at radius 3 is 2.58 bits per heavy atom. The van der Waals surface area contributed by atoms with Crippen molar-refractivity contribution < 1.29 is 13.2 Å². The summed E-state index contributed by atoms with van der Waals surface area (Å²) in [6.45, 7) is 7.36. The second-order valence-corrected chi connectivity index (χ2v) is 9.62. The van der Waals surface area contributed by atoms with Gasteiger partial charge in [0, 0.05) is 11.7 Å². The van der Waals surface area contributed by atoms with Gasteiger partial charge in [0.05, 0.1) is 24.1 Å². The van der Waals surface area contributed by atoms with E-state index in [0.29, 0.717) is 12.5 Å². The van der Waals surface area contributed by atoms with Gasteiger partial charge in [-0.3, -0.25) is 9.69 Å². The molecule has 0 spiro atoms. The van der Waals surface area contributed by atoms with E-state index < -0.39 is 9.84 Å². The van der Waals surface area contributed by atoms with Crippen LogP contribution in [0.25, 0.3) is 0 Å². The largest absolute Gasteiger partial charge is 0.306 e. The number of nitrogens with zero attached hydrogens (tertiary/aromatic N) is 2. The maximum atomic E-state index is 12.8. The number of anilines is 1. The van der Waals surface area contributed by atoms with Gasteiger partial charge in [-0.15, -0.1) is 0 Å². The third-order valence-electron chi connectivity index (χ3n) is 4.97. The van der Waals surface area contributed by atoms with E-state index in [4.69, 9.17) is 0 Å². The van der Waals surface area contributed by atoms with Crippen LogP contribution < -0.4 is 4.90 Å². The lowest BCUT2D eigenvalue weighted by Crippen LogP contribution is -2.62. The summed E-state index contributed by atoms with van der Waals surface area (Å²) in [7, 11) is -3.11. The summed E-state index contributed by atoms with van der Waals surface area (Å²) in [5, 5.41) is 0. The molecular formula is C18H26N2O3S. The molecule has 0 N–H and O–H groups in total. The molecule has 5 nitrogen and oxygen atoms in total. The van der Waals surface area contributed by atoms with Crippen molar-refractivity contribution in [1.29, 1.82) is 0 Å². The van der Waals surface area contributed by atoms with E-state index in [1.807, 2.05) is 31.2 Å². The molecule has 2 atom stereocenters. The Hall–Kier alpha value is -1.40. The number of amides is 1. The van der Waals surface area contributed by atoms with Gasteiger partial charge < -0.3 is 4.90 Å². The highest BCUT2D eigenvalue weighted by Crippen LogP contribution is 2.32. The normalized spacial score (nSPS) is 26.8. The highest BCUT2D eigenvalue weighted by atomic mass is 32.2. The van der Waals surface area contributed by atoms with Crippen LogP contribution in [-0.2, 0) is 14.6 Å². The number of piperazine rings is 1. The molecule has 3 rings (SSSR count). The molecule has 0 bridgehead atoms. The average Bonchev–Trinajstić information content (AvgIpc) is 2.79. The van der Waals surface area contributed by atoms with Crippen molar-refractivity contribution in [2.24, 2.45) is 5.92 Å². The molecule has 0 aromatic heterocycles. The van der Waals surface area contributed by atoms with Gasteiger partial charge in [-0.1, -0.05) is 26.0 Å². The third-order valence-corrected chi connectivity index (χ3v) is 6.67. The molecule has 2 fully saturated rings. The van der Waals surface area contributed by atoms with Crippen molar-refractivity contribution in [1.82, 2.24) is 4.90 Å². The molecule has 0 aliphatic carbocycles. The van der Waals surface area contributed by atoms with Crippen molar-refractivity contribution in [2.45, 2.75) is 39.3 Å². The fraction of sp³-hybridized carbons (Fsp3) is 0.611. The van der Waals surface area contributed by atoms with E-state index in [0.717, 1.165) is 24.2 Å². The summed E-state index contributed by atoms with van der Waals surface area (Å²) in [6.07, 6.45) is 0.973. The molecule has 2 aliphatic rings. The number of sulfone groups is 1. The van der Waals surface area contributed by atoms with E-state index in [2.05, 4.69) is 18.7 Å². The zero-order chi connectivity index (χ0) is 17.5. The van der Waals surface area contributed by atoms with Gasteiger partial charge in [-0.25, -0.2) is 8.42 Å². The Morgan fingerprint density at radius 1 is 1.21 bits per heavy atom. The predicted octanol–water partition coefficient (Wildman–Crippen LogP) is 1.86. The Balaban J connectivity index is 1.92. The molecule has 1 aromatic carbocycles. The van der Waals surface area contributed by atoms with E-state index in [1.54, 1.807) is 4.90 Å². The first kappa shape index (κ1) is 17.4. The maximum absolute atomic E-state index is 12.8. The Morgan fingerprint density at radius 2 is 1.92 bits per heavy atom. The van der Waals surface area contributed by atoms with Gasteiger partial charge in [0.1, 0.15) is 0 Å². The maximum Gasteiger partial charge on any atom is 0.241 e. The molecular weight excluding hydrogens is 324 g/mol. The summed E-state index contributed by atoms with van der Waals surface area (Å²) in [5.41, 5.74) is 1.88. The minimum absolute atomic E-state index is 0.00251. The van der Waals surface area contributed by atoms with Gasteiger partial charge in [0.25, 0.3) is 0 Å². The van der Waals surface area contributed by atoms with Crippen molar-refractivity contribution in [3.8, 4) is 0 Å². The van der Waals surface area contributed by atoms with E-state index in [1.165, 1.54) is 0 Å². The first-order valence-corrected chi connectivity index (χ1v) is 10.4. The van der Waals surface area contributed by atoms with Crippen LogP contribution >= 0.6 is 0 Å². The fourth-order valence-electron chi connectivity index (χ4n) is 3.74. The Kier molecular flexibility index (Phi) is 4.71. The lowest BCUT2D eigenvalue weighted by atomic mass is 10.0. The molecule has 6 heteroatoms. The van der Waals surface area contributed by atoms with Crippen molar-refractivity contribution in [3.05, 3.63) is 29.8 Å². The smallest absolute Gasteiger partial charge is 0.241 e. The summed E-state index contributed by atoms with van der Waals surface area (Å²) >= 11 is 0. The zero-order valence-electron chi connectivity index (χ0n) is 14.6. The molecule has 1 aromatic rings. The number of carbonyl (C=O) groups excluding carboxylic acids is 1. The molecule has 132 valence electrons. The summed E-state index contributed by atoms with van der Waals surface area (Å²) in [4.78, 5) is 16.6. The predicted molar refractivity (Wildman–Crippen MR) is 95.9 cm³/mol. The van der Waals surface area contributed by atoms with Gasteiger partial charge in [0.2, 0.25) is 5.91 Å². The van der Waals surface area contributed by atoms with Gasteiger partial charge in [-0.2, -0.15) is 0 Å². The summed E-state index contributed by atoms with van der Waals surface area (Å²) < 4.78 is 24.5. The van der Waals surface area contributed by atoms with Crippen LogP contribution in [0.4, 0.5) is 5.69 Å². The molecule has 2 unspecified atom stereocenters. The van der Waals surface area contributed by atoms with E-state index >= 15 is 0 Å². The second kappa shape index (κ2) is 6.48. The highest BCUT2D eigenvalue weighted by Gasteiger charge is 2.49. The van der Waals surface area contributed by atoms with Crippen LogP contribution in [0.1, 0.15) is 25.8 Å². The number of hydrogen-bond donors (Lipinski definition) is 0. The minimum Gasteiger partial charge on any atom is -0.306 e. The molecule has 0 saturated carbocycles. The molecule has 2 aliphatic heterocycles. The topological polar surface area (TPSA) is 57.7 Å². The second-order valence-electron chi connectivity index (χ2n) is 7.47. The number of carbonyl (C=O) groups is 1. The van der Waals surface area contributed by atoms with Crippen molar-refractivity contribution >= 4 is 21.4 Å². The zero-order valence-corrected chi connectivity index (χ0v) is 15.4. The van der Waals surface area contributed by atoms with Crippen LogP contribution in [0.15, 0.2) is 24.3 Å². The quantitative estimate of drug-likeness (QED) is 0.832. The number of rotatable bonds is 4. The lowest BCUT2D eigenvalue weighted by molar-refractivity contribution is -0.123. The molecule has 2 heterocycles. The lowest BCUT2D eigenvalue weighted by Gasteiger charge is -2.43. The Labute approximate surface area is 144 Å². The van der Waals surface area contributed by atoms with E-state index in [-0.39, 0.29) is 29.5 Å². The number of benzene rings is 1. The van der Waals surface area contributed by atoms with Crippen molar-refractivity contribution in [2.75, 3.05) is 29.5 Å². The Bertz CT molecular complexity index is 730. The van der Waals surface area contributed by atoms with Crippen LogP contribution in [0, 0.1) is 12.8 Å². The van der Waals surface area contributed by atoms with Crippen molar-refractivity contribution in [3.63, 3.8) is 0 Å². The van der Waals surface area contributed by atoms with Crippen LogP contribution in [-0.4, -0.2) is 55.9 Å². The number of aryl methyl sites for hydroxylation is 1. The molecule has 2 saturated heterocycles. The molecule has 1 amide bonds. The SMILES string of the molecule is Cc1cccc(N2C(=O)CN(CCC(C)C)C3CS(=O)(=O)CC32)c1. The number of fused-ring (bicyclic) bond motifs is 1. The summed E-state index contributed by atoms with van der Waals surface area (Å²) in [6, 6.07) is 7.40. The average molecular weight is 350 g/mol. The van der Waals surface area contributed by atoms with Gasteiger partial charge in [0.15, 0.2) is 9.84 Å². The highest BCUT2D eigenvalue weighted by molar-refractivity contribution is 7.91. The van der Waals surface area contributed by atoms with Crippen LogP contribution in [0.3, 0.4) is 0 Å². The first-order chi connectivity index (χ1) is 11.3. The minimum atomic E-state index is -3.11. The van der Waals surface area contributed by atoms with Crippen LogP contribution in [0.2, 0.25) is 0 Å². The third kappa shape index (κ3) is 3.49. The first-order valence-electron chi connectivity index (χ1n) is 8.60. The monoisotopic (exact) mass is 350 g/mol. The molecule has 24 heavy (non-hydrogen) atoms. The van der Waals surface area contributed by atoms with Crippen LogP contribution in [0.5, 0.6) is 0 Å². The fourth-order valence-corrected chi connectivity index (χ4v) is 5.72. The standard InChI is InChI=1S/C18H26N2O3S/c1-13(2)7-8-19-10-18(21)20(15-6-4-5-14(3)9-15)17-12-24(22,23)11-16(17)19/h4-6,9,13,16-17H,7-8,10-12H2,1-3H3. The van der Waals surface area contributed by atoms with Gasteiger partial charge in [-0.05, 0) is 43.5 Å². The van der Waals surface area contributed by atoms with E-state index in [9.17, 15) is 13.2 Å². The molecule has 0 radical (unpaired) electrons. The summed E-state index contributed by atoms with van der Waals surface area (Å²) in [5.74, 6) is 0.759. The number of hydrogen-bond acceptors (Lipinski definition) is 4.